The van der Waals surface area contributed by atoms with Crippen LogP contribution in [0.4, 0.5) is 10.1 Å². The molecular formula is C20H14FN3O. The molecule has 1 amide bonds. The zero-order valence-electron chi connectivity index (χ0n) is 13.2. The molecule has 1 N–H and O–H groups in total. The number of fused-ring (bicyclic) bond motifs is 1. The number of rotatable bonds is 3. The third kappa shape index (κ3) is 2.99. The minimum atomic E-state index is -0.338. The maximum absolute atomic E-state index is 12.9. The van der Waals surface area contributed by atoms with Crippen LogP contribution in [-0.4, -0.2) is 15.5 Å². The largest absolute Gasteiger partial charge is 0.322 e. The Labute approximate surface area is 143 Å². The van der Waals surface area contributed by atoms with Crippen molar-refractivity contribution in [3.63, 3.8) is 0 Å². The van der Waals surface area contributed by atoms with E-state index in [0.717, 1.165) is 16.7 Å². The number of carbonyl (C=O) groups excluding carboxylic acids is 1. The first-order valence-corrected chi connectivity index (χ1v) is 7.80. The summed E-state index contributed by atoms with van der Waals surface area (Å²) in [6.07, 6.45) is 1.76. The lowest BCUT2D eigenvalue weighted by atomic mass is 10.2. The van der Waals surface area contributed by atoms with Gasteiger partial charge in [0.2, 0.25) is 0 Å². The minimum absolute atomic E-state index is 0.242. The van der Waals surface area contributed by atoms with Gasteiger partial charge >= 0.3 is 0 Å². The van der Waals surface area contributed by atoms with Crippen molar-refractivity contribution in [2.45, 2.75) is 0 Å². The van der Waals surface area contributed by atoms with Crippen LogP contribution < -0.4 is 5.32 Å². The normalized spacial score (nSPS) is 10.8. The van der Waals surface area contributed by atoms with E-state index in [1.54, 1.807) is 18.5 Å². The Bertz CT molecular complexity index is 1040. The SMILES string of the molecule is O=C(Nc1ccc(F)cc1)c1ccc(-n2cnc3ccccc32)cc1. The molecule has 0 bridgehead atoms. The highest BCUT2D eigenvalue weighted by Gasteiger charge is 2.08. The molecule has 5 heteroatoms. The fraction of sp³-hybridized carbons (Fsp3) is 0. The summed E-state index contributed by atoms with van der Waals surface area (Å²) in [4.78, 5) is 16.7. The van der Waals surface area contributed by atoms with E-state index in [0.29, 0.717) is 11.3 Å². The third-order valence-electron chi connectivity index (χ3n) is 3.96. The van der Waals surface area contributed by atoms with Crippen LogP contribution in [0.15, 0.2) is 79.1 Å². The van der Waals surface area contributed by atoms with Crippen LogP contribution in [0.2, 0.25) is 0 Å². The number of carbonyl (C=O) groups is 1. The second kappa shape index (κ2) is 6.20. The molecule has 0 aliphatic rings. The Morgan fingerprint density at radius 3 is 2.40 bits per heavy atom. The van der Waals surface area contributed by atoms with E-state index < -0.39 is 0 Å². The molecule has 4 nitrogen and oxygen atoms in total. The van der Waals surface area contributed by atoms with Crippen molar-refractivity contribution in [2.75, 3.05) is 5.32 Å². The van der Waals surface area contributed by atoms with Crippen LogP contribution in [0.5, 0.6) is 0 Å². The number of nitrogens with one attached hydrogen (secondary N) is 1. The number of nitrogens with zero attached hydrogens (tertiary/aromatic N) is 2. The lowest BCUT2D eigenvalue weighted by Crippen LogP contribution is -2.11. The maximum atomic E-state index is 12.9. The number of anilines is 1. The van der Waals surface area contributed by atoms with Crippen LogP contribution in [0, 0.1) is 5.82 Å². The lowest BCUT2D eigenvalue weighted by molar-refractivity contribution is 0.102. The molecule has 0 saturated carbocycles. The smallest absolute Gasteiger partial charge is 0.255 e. The summed E-state index contributed by atoms with van der Waals surface area (Å²) in [5.74, 6) is -0.580. The van der Waals surface area contributed by atoms with Gasteiger partial charge in [-0.25, -0.2) is 9.37 Å². The number of hydrogen-bond donors (Lipinski definition) is 1. The van der Waals surface area contributed by atoms with Crippen LogP contribution in [-0.2, 0) is 0 Å². The topological polar surface area (TPSA) is 46.9 Å². The van der Waals surface area contributed by atoms with Gasteiger partial charge < -0.3 is 5.32 Å². The highest BCUT2D eigenvalue weighted by Crippen LogP contribution is 2.19. The van der Waals surface area contributed by atoms with Gasteiger partial charge in [-0.1, -0.05) is 12.1 Å². The van der Waals surface area contributed by atoms with E-state index in [1.165, 1.54) is 24.3 Å². The molecule has 3 aromatic carbocycles. The summed E-state index contributed by atoms with van der Waals surface area (Å²) < 4.78 is 14.9. The fourth-order valence-corrected chi connectivity index (χ4v) is 2.67. The molecule has 4 rings (SSSR count). The van der Waals surface area contributed by atoms with Gasteiger partial charge in [0.05, 0.1) is 11.0 Å². The number of benzene rings is 3. The summed E-state index contributed by atoms with van der Waals surface area (Å²) in [7, 11) is 0. The highest BCUT2D eigenvalue weighted by molar-refractivity contribution is 6.04. The van der Waals surface area contributed by atoms with E-state index in [1.807, 2.05) is 41.0 Å². The molecule has 0 aliphatic carbocycles. The molecule has 0 radical (unpaired) electrons. The molecule has 0 atom stereocenters. The van der Waals surface area contributed by atoms with Crippen molar-refractivity contribution in [2.24, 2.45) is 0 Å². The van der Waals surface area contributed by atoms with Crippen LogP contribution in [0.1, 0.15) is 10.4 Å². The first-order valence-electron chi connectivity index (χ1n) is 7.80. The fourth-order valence-electron chi connectivity index (χ4n) is 2.67. The standard InChI is InChI=1S/C20H14FN3O/c21-15-7-9-16(10-8-15)23-20(25)14-5-11-17(12-6-14)24-13-22-18-3-1-2-4-19(18)24/h1-13H,(H,23,25). The van der Waals surface area contributed by atoms with Gasteiger partial charge in [0.1, 0.15) is 12.1 Å². The number of aromatic nitrogens is 2. The molecule has 0 saturated heterocycles. The summed E-state index contributed by atoms with van der Waals surface area (Å²) in [5, 5.41) is 2.74. The van der Waals surface area contributed by atoms with Gasteiger partial charge in [0.15, 0.2) is 0 Å². The van der Waals surface area contributed by atoms with Crippen molar-refractivity contribution >= 4 is 22.6 Å². The van der Waals surface area contributed by atoms with E-state index in [4.69, 9.17) is 0 Å². The summed E-state index contributed by atoms with van der Waals surface area (Å²) in [6.45, 7) is 0. The first kappa shape index (κ1) is 15.1. The summed E-state index contributed by atoms with van der Waals surface area (Å²) >= 11 is 0. The summed E-state index contributed by atoms with van der Waals surface area (Å²) in [5.41, 5.74) is 3.92. The second-order valence-electron chi connectivity index (χ2n) is 5.61. The van der Waals surface area contributed by atoms with Crippen molar-refractivity contribution in [3.8, 4) is 5.69 Å². The van der Waals surface area contributed by atoms with Crippen molar-refractivity contribution < 1.29 is 9.18 Å². The molecule has 0 fully saturated rings. The Hall–Kier alpha value is -3.47. The predicted octanol–water partition coefficient (Wildman–Crippen LogP) is 4.42. The van der Waals surface area contributed by atoms with Crippen LogP contribution in [0.3, 0.4) is 0 Å². The number of para-hydroxylation sites is 2. The van der Waals surface area contributed by atoms with E-state index in [9.17, 15) is 9.18 Å². The first-order chi connectivity index (χ1) is 12.2. The van der Waals surface area contributed by atoms with Crippen molar-refractivity contribution in [1.29, 1.82) is 0 Å². The Morgan fingerprint density at radius 1 is 0.920 bits per heavy atom. The number of imidazole rings is 1. The van der Waals surface area contributed by atoms with Gasteiger partial charge in [0.25, 0.3) is 5.91 Å². The van der Waals surface area contributed by atoms with Crippen molar-refractivity contribution in [3.05, 3.63) is 90.5 Å². The van der Waals surface area contributed by atoms with Gasteiger partial charge in [0, 0.05) is 16.9 Å². The number of hydrogen-bond acceptors (Lipinski definition) is 2. The zero-order chi connectivity index (χ0) is 17.2. The minimum Gasteiger partial charge on any atom is -0.322 e. The molecule has 122 valence electrons. The van der Waals surface area contributed by atoms with Gasteiger partial charge in [-0.15, -0.1) is 0 Å². The number of amides is 1. The van der Waals surface area contributed by atoms with Crippen LogP contribution >= 0.6 is 0 Å². The predicted molar refractivity (Wildman–Crippen MR) is 95.4 cm³/mol. The molecule has 0 unspecified atom stereocenters. The Balaban J connectivity index is 1.57. The molecule has 1 aromatic heterocycles. The van der Waals surface area contributed by atoms with Gasteiger partial charge in [-0.3, -0.25) is 9.36 Å². The van der Waals surface area contributed by atoms with Crippen molar-refractivity contribution in [1.82, 2.24) is 9.55 Å². The monoisotopic (exact) mass is 331 g/mol. The van der Waals surface area contributed by atoms with Gasteiger partial charge in [-0.05, 0) is 60.7 Å². The molecule has 4 aromatic rings. The Morgan fingerprint density at radius 2 is 1.64 bits per heavy atom. The highest BCUT2D eigenvalue weighted by atomic mass is 19.1. The zero-order valence-corrected chi connectivity index (χ0v) is 13.2. The quantitative estimate of drug-likeness (QED) is 0.604. The lowest BCUT2D eigenvalue weighted by Gasteiger charge is -2.07. The molecule has 0 aliphatic heterocycles. The van der Waals surface area contributed by atoms with E-state index in [2.05, 4.69) is 10.3 Å². The van der Waals surface area contributed by atoms with Crippen LogP contribution in [0.25, 0.3) is 16.7 Å². The Kier molecular flexibility index (Phi) is 3.74. The average molecular weight is 331 g/mol. The summed E-state index contributed by atoms with van der Waals surface area (Å²) in [6, 6.07) is 20.8. The maximum Gasteiger partial charge on any atom is 0.255 e. The number of halogens is 1. The van der Waals surface area contributed by atoms with Gasteiger partial charge in [-0.2, -0.15) is 0 Å². The molecule has 1 heterocycles. The molecule has 25 heavy (non-hydrogen) atoms. The second-order valence-corrected chi connectivity index (χ2v) is 5.61. The van der Waals surface area contributed by atoms with E-state index >= 15 is 0 Å². The van der Waals surface area contributed by atoms with E-state index in [-0.39, 0.29) is 11.7 Å². The third-order valence-corrected chi connectivity index (χ3v) is 3.96. The molecular weight excluding hydrogens is 317 g/mol. The average Bonchev–Trinajstić information content (AvgIpc) is 3.08. The molecule has 0 spiro atoms.